The Morgan fingerprint density at radius 3 is 2.53 bits per heavy atom. The van der Waals surface area contributed by atoms with Gasteiger partial charge in [-0.2, -0.15) is 4.31 Å². The molecule has 2 fully saturated rings. The van der Waals surface area contributed by atoms with Crippen LogP contribution in [0.1, 0.15) is 12.8 Å². The molecule has 2 aromatic rings. The lowest BCUT2D eigenvalue weighted by Gasteiger charge is -2.39. The molecule has 10 heteroatoms. The van der Waals surface area contributed by atoms with Gasteiger partial charge in [0.15, 0.2) is 0 Å². The topological polar surface area (TPSA) is 60.9 Å². The zero-order chi connectivity index (χ0) is 21.3. The predicted octanol–water partition coefficient (Wildman–Crippen LogP) is 3.91. The van der Waals surface area contributed by atoms with Crippen LogP contribution in [0.25, 0.3) is 0 Å². The molecule has 0 saturated carbocycles. The van der Waals surface area contributed by atoms with Crippen LogP contribution in [-0.4, -0.2) is 62.8 Å². The van der Waals surface area contributed by atoms with Crippen molar-refractivity contribution in [2.45, 2.75) is 17.1 Å². The van der Waals surface area contributed by atoms with Gasteiger partial charge in [0.2, 0.25) is 5.91 Å². The molecule has 4 rings (SSSR count). The number of benzene rings is 1. The molecule has 30 heavy (non-hydrogen) atoms. The van der Waals surface area contributed by atoms with E-state index in [0.717, 1.165) is 29.0 Å². The highest BCUT2D eigenvalue weighted by Crippen LogP contribution is 2.31. The number of amides is 1. The molecule has 0 bridgehead atoms. The number of halogens is 2. The third kappa shape index (κ3) is 4.70. The molecule has 0 N–H and O–H groups in total. The number of piperazine rings is 1. The average Bonchev–Trinajstić information content (AvgIpc) is 3.21. The fourth-order valence-corrected chi connectivity index (χ4v) is 7.91. The molecular formula is C20H23BrClN3O3S2. The number of carbonyl (C=O) groups is 1. The molecule has 1 amide bonds. The van der Waals surface area contributed by atoms with E-state index in [4.69, 9.17) is 11.6 Å². The molecule has 0 unspecified atom stereocenters. The molecule has 162 valence electrons. The lowest BCUT2D eigenvalue weighted by Crippen LogP contribution is -2.53. The Hall–Kier alpha value is -1.13. The largest absolute Gasteiger partial charge is 0.368 e. The van der Waals surface area contributed by atoms with Crippen molar-refractivity contribution >= 4 is 60.5 Å². The van der Waals surface area contributed by atoms with Crippen LogP contribution in [-0.2, 0) is 14.8 Å². The minimum atomic E-state index is -3.56. The van der Waals surface area contributed by atoms with E-state index in [0.29, 0.717) is 35.3 Å². The maximum absolute atomic E-state index is 13.1. The monoisotopic (exact) mass is 531 g/mol. The summed E-state index contributed by atoms with van der Waals surface area (Å²) in [4.78, 5) is 17.2. The van der Waals surface area contributed by atoms with Crippen LogP contribution in [0.3, 0.4) is 0 Å². The lowest BCUT2D eigenvalue weighted by molar-refractivity contribution is -0.137. The van der Waals surface area contributed by atoms with Gasteiger partial charge in [0, 0.05) is 50.0 Å². The van der Waals surface area contributed by atoms with Crippen molar-refractivity contribution < 1.29 is 13.2 Å². The van der Waals surface area contributed by atoms with Crippen LogP contribution in [0.15, 0.2) is 44.4 Å². The van der Waals surface area contributed by atoms with Crippen molar-refractivity contribution in [3.8, 4) is 0 Å². The predicted molar refractivity (Wildman–Crippen MR) is 124 cm³/mol. The summed E-state index contributed by atoms with van der Waals surface area (Å²) >= 11 is 10.6. The number of hydrogen-bond acceptors (Lipinski definition) is 5. The van der Waals surface area contributed by atoms with Crippen LogP contribution in [0, 0.1) is 5.92 Å². The summed E-state index contributed by atoms with van der Waals surface area (Å²) in [7, 11) is -3.56. The molecule has 0 aliphatic carbocycles. The van der Waals surface area contributed by atoms with Crippen molar-refractivity contribution in [1.29, 1.82) is 0 Å². The summed E-state index contributed by atoms with van der Waals surface area (Å²) < 4.78 is 28.5. The Kier molecular flexibility index (Phi) is 6.74. The molecule has 1 aromatic heterocycles. The maximum Gasteiger partial charge on any atom is 0.252 e. The molecule has 2 saturated heterocycles. The van der Waals surface area contributed by atoms with E-state index in [2.05, 4.69) is 20.8 Å². The molecular weight excluding hydrogens is 510 g/mol. The number of anilines is 1. The van der Waals surface area contributed by atoms with E-state index in [9.17, 15) is 13.2 Å². The van der Waals surface area contributed by atoms with E-state index in [1.165, 1.54) is 15.6 Å². The zero-order valence-corrected chi connectivity index (χ0v) is 20.3. The van der Waals surface area contributed by atoms with Crippen LogP contribution in [0.5, 0.6) is 0 Å². The standard InChI is InChI=1S/C20H23BrClN3O3S2/c21-18-6-7-19(29-18)30(27,28)25-8-2-3-15(14-25)20(26)24-11-9-23(10-12-24)17-5-1-4-16(22)13-17/h1,4-7,13,15H,2-3,8-12,14H2/t15-/m0/s1. The van der Waals surface area contributed by atoms with Crippen molar-refractivity contribution in [3.05, 3.63) is 45.2 Å². The van der Waals surface area contributed by atoms with Crippen molar-refractivity contribution in [3.63, 3.8) is 0 Å². The van der Waals surface area contributed by atoms with Crippen molar-refractivity contribution in [2.24, 2.45) is 5.92 Å². The van der Waals surface area contributed by atoms with Gasteiger partial charge in [-0.1, -0.05) is 17.7 Å². The Balaban J connectivity index is 1.38. The lowest BCUT2D eigenvalue weighted by atomic mass is 9.97. The number of nitrogens with zero attached hydrogens (tertiary/aromatic N) is 3. The Labute approximate surface area is 194 Å². The van der Waals surface area contributed by atoms with Crippen molar-refractivity contribution in [2.75, 3.05) is 44.2 Å². The minimum Gasteiger partial charge on any atom is -0.368 e. The first-order valence-electron chi connectivity index (χ1n) is 9.89. The summed E-state index contributed by atoms with van der Waals surface area (Å²) in [5.41, 5.74) is 1.06. The van der Waals surface area contributed by atoms with Gasteiger partial charge in [0.05, 0.1) is 9.70 Å². The van der Waals surface area contributed by atoms with Gasteiger partial charge in [-0.3, -0.25) is 4.79 Å². The first kappa shape index (κ1) is 22.1. The quantitative estimate of drug-likeness (QED) is 0.599. The van der Waals surface area contributed by atoms with Crippen LogP contribution in [0.4, 0.5) is 5.69 Å². The third-order valence-corrected chi connectivity index (χ3v) is 9.83. The first-order chi connectivity index (χ1) is 14.3. The Morgan fingerprint density at radius 1 is 1.10 bits per heavy atom. The van der Waals surface area contributed by atoms with Gasteiger partial charge in [-0.05, 0) is 59.1 Å². The fourth-order valence-electron chi connectivity index (χ4n) is 4.04. The normalized spacial score (nSPS) is 21.1. The highest BCUT2D eigenvalue weighted by Gasteiger charge is 2.36. The van der Waals surface area contributed by atoms with Crippen LogP contribution >= 0.6 is 38.9 Å². The van der Waals surface area contributed by atoms with Crippen LogP contribution in [0.2, 0.25) is 5.02 Å². The molecule has 3 heterocycles. The van der Waals surface area contributed by atoms with Gasteiger partial charge in [-0.25, -0.2) is 8.42 Å². The highest BCUT2D eigenvalue weighted by molar-refractivity contribution is 9.11. The van der Waals surface area contributed by atoms with Crippen LogP contribution < -0.4 is 4.90 Å². The van der Waals surface area contributed by atoms with E-state index in [1.807, 2.05) is 29.2 Å². The first-order valence-corrected chi connectivity index (χ1v) is 13.3. The van der Waals surface area contributed by atoms with E-state index in [1.54, 1.807) is 12.1 Å². The van der Waals surface area contributed by atoms with E-state index < -0.39 is 10.0 Å². The van der Waals surface area contributed by atoms with Gasteiger partial charge >= 0.3 is 0 Å². The maximum atomic E-state index is 13.1. The number of sulfonamides is 1. The Bertz CT molecular complexity index is 1020. The molecule has 0 radical (unpaired) electrons. The second-order valence-corrected chi connectivity index (χ2v) is 12.6. The van der Waals surface area contributed by atoms with E-state index in [-0.39, 0.29) is 18.4 Å². The molecule has 2 aliphatic heterocycles. The Morgan fingerprint density at radius 2 is 1.87 bits per heavy atom. The smallest absolute Gasteiger partial charge is 0.252 e. The number of hydrogen-bond donors (Lipinski definition) is 0. The molecule has 2 aliphatic rings. The number of carbonyl (C=O) groups excluding carboxylic acids is 1. The zero-order valence-electron chi connectivity index (χ0n) is 16.3. The second-order valence-electron chi connectivity index (χ2n) is 7.55. The van der Waals surface area contributed by atoms with Gasteiger partial charge < -0.3 is 9.80 Å². The van der Waals surface area contributed by atoms with Crippen molar-refractivity contribution in [1.82, 2.24) is 9.21 Å². The molecule has 0 spiro atoms. The average molecular weight is 533 g/mol. The summed E-state index contributed by atoms with van der Waals surface area (Å²) in [5.74, 6) is -0.220. The molecule has 6 nitrogen and oxygen atoms in total. The van der Waals surface area contributed by atoms with Gasteiger partial charge in [0.1, 0.15) is 4.21 Å². The molecule has 1 atom stereocenters. The summed E-state index contributed by atoms with van der Waals surface area (Å²) in [5, 5.41) is 0.701. The minimum absolute atomic E-state index is 0.0630. The SMILES string of the molecule is O=C([C@H]1CCCN(S(=O)(=O)c2ccc(Br)s2)C1)N1CCN(c2cccc(Cl)c2)CC1. The number of piperidine rings is 1. The van der Waals surface area contributed by atoms with Gasteiger partial charge in [-0.15, -0.1) is 11.3 Å². The van der Waals surface area contributed by atoms with E-state index >= 15 is 0 Å². The molecule has 1 aromatic carbocycles. The number of rotatable bonds is 4. The van der Waals surface area contributed by atoms with Gasteiger partial charge in [0.25, 0.3) is 10.0 Å². The summed E-state index contributed by atoms with van der Waals surface area (Å²) in [6, 6.07) is 11.1. The summed E-state index contributed by atoms with van der Waals surface area (Å²) in [6.07, 6.45) is 1.43. The highest BCUT2D eigenvalue weighted by atomic mass is 79.9. The number of thiophene rings is 1. The summed E-state index contributed by atoms with van der Waals surface area (Å²) in [6.45, 7) is 3.46. The second kappa shape index (κ2) is 9.16. The third-order valence-electron chi connectivity index (χ3n) is 5.64. The fraction of sp³-hybridized carbons (Fsp3) is 0.450.